The van der Waals surface area contributed by atoms with E-state index in [2.05, 4.69) is 14.9 Å². The lowest BCUT2D eigenvalue weighted by Gasteiger charge is -2.20. The van der Waals surface area contributed by atoms with Crippen LogP contribution < -0.4 is 0 Å². The molecule has 1 aliphatic rings. The number of rotatable bonds is 5. The van der Waals surface area contributed by atoms with Gasteiger partial charge in [0.2, 0.25) is 6.29 Å². The second-order valence-electron chi connectivity index (χ2n) is 4.52. The minimum Gasteiger partial charge on any atom is -0.465 e. The normalized spacial score (nSPS) is 19.1. The fourth-order valence-electron chi connectivity index (χ4n) is 1.91. The molecule has 2 rings (SSSR count). The molecule has 7 nitrogen and oxygen atoms in total. The first-order valence-electron chi connectivity index (χ1n) is 6.74. The lowest BCUT2D eigenvalue weighted by molar-refractivity contribution is -0.162. The van der Waals surface area contributed by atoms with Gasteiger partial charge in [-0.05, 0) is 25.0 Å². The van der Waals surface area contributed by atoms with Gasteiger partial charge in [0.25, 0.3) is 0 Å². The number of methoxy groups -OCH3 is 1. The maximum absolute atomic E-state index is 11.5. The van der Waals surface area contributed by atoms with Crippen molar-refractivity contribution in [3.8, 4) is 0 Å². The number of hydrogen-bond acceptors (Lipinski definition) is 7. The van der Waals surface area contributed by atoms with Gasteiger partial charge >= 0.3 is 5.97 Å². The molecule has 0 saturated carbocycles. The summed E-state index contributed by atoms with van der Waals surface area (Å²) < 4.78 is 10.0. The van der Waals surface area contributed by atoms with Crippen LogP contribution in [0.5, 0.6) is 0 Å². The molecular formula is C14H18N2O5. The Labute approximate surface area is 122 Å². The molecule has 0 amide bonds. The Kier molecular flexibility index (Phi) is 5.65. The van der Waals surface area contributed by atoms with Gasteiger partial charge in [-0.1, -0.05) is 5.16 Å². The minimum atomic E-state index is -0.479. The second kappa shape index (κ2) is 7.70. The van der Waals surface area contributed by atoms with Crippen LogP contribution in [0.4, 0.5) is 0 Å². The lowest BCUT2D eigenvalue weighted by atomic mass is 10.2. The summed E-state index contributed by atoms with van der Waals surface area (Å²) in [6.45, 7) is 0.287. The number of aromatic nitrogens is 1. The Hall–Kier alpha value is -1.99. The summed E-state index contributed by atoms with van der Waals surface area (Å²) in [6, 6.07) is 3.02. The summed E-state index contributed by atoms with van der Waals surface area (Å²) >= 11 is 0. The molecule has 1 atom stereocenters. The number of carbonyl (C=O) groups excluding carboxylic acids is 1. The molecule has 114 valence electrons. The first-order valence-corrected chi connectivity index (χ1v) is 6.74. The van der Waals surface area contributed by atoms with Crippen molar-refractivity contribution < 1.29 is 24.2 Å². The molecule has 1 aliphatic heterocycles. The molecule has 0 aromatic carbocycles. The van der Waals surface area contributed by atoms with Gasteiger partial charge < -0.3 is 19.4 Å². The van der Waals surface area contributed by atoms with Crippen LogP contribution >= 0.6 is 0 Å². The van der Waals surface area contributed by atoms with Gasteiger partial charge in [-0.25, -0.2) is 4.79 Å². The molecule has 1 aromatic heterocycles. The van der Waals surface area contributed by atoms with Crippen molar-refractivity contribution in [3.05, 3.63) is 29.6 Å². The zero-order valence-electron chi connectivity index (χ0n) is 11.8. The van der Waals surface area contributed by atoms with Crippen LogP contribution in [0.1, 0.15) is 35.3 Å². The Morgan fingerprint density at radius 2 is 2.43 bits per heavy atom. The first-order chi connectivity index (χ1) is 10.2. The minimum absolute atomic E-state index is 0.231. The summed E-state index contributed by atoms with van der Waals surface area (Å²) in [7, 11) is 1.30. The van der Waals surface area contributed by atoms with Crippen LogP contribution in [0.15, 0.2) is 23.5 Å². The Morgan fingerprint density at radius 3 is 3.10 bits per heavy atom. The second-order valence-corrected chi connectivity index (χ2v) is 4.52. The lowest BCUT2D eigenvalue weighted by Crippen LogP contribution is -2.21. The summed E-state index contributed by atoms with van der Waals surface area (Å²) in [6.07, 6.45) is 3.84. The Bertz CT molecular complexity index is 512. The fraction of sp³-hybridized carbons (Fsp3) is 0.500. The molecule has 0 aliphatic carbocycles. The molecular weight excluding hydrogens is 276 g/mol. The third-order valence-electron chi connectivity index (χ3n) is 3.04. The topological polar surface area (TPSA) is 90.2 Å². The zero-order chi connectivity index (χ0) is 15.1. The number of ether oxygens (including phenoxy) is 2. The average Bonchev–Trinajstić information content (AvgIpc) is 2.56. The summed E-state index contributed by atoms with van der Waals surface area (Å²) in [5, 5.41) is 13.3. The molecule has 2 heterocycles. The van der Waals surface area contributed by atoms with Gasteiger partial charge in [0.15, 0.2) is 0 Å². The van der Waals surface area contributed by atoms with E-state index in [1.165, 1.54) is 25.4 Å². The van der Waals surface area contributed by atoms with E-state index in [1.54, 1.807) is 0 Å². The molecule has 7 heteroatoms. The number of aliphatic hydroxyl groups excluding tert-OH is 1. The van der Waals surface area contributed by atoms with Crippen LogP contribution in [-0.2, 0) is 14.3 Å². The van der Waals surface area contributed by atoms with Crippen LogP contribution in [0.25, 0.3) is 0 Å². The molecule has 1 N–H and O–H groups in total. The standard InChI is InChI=1S/C14H18N2O5/c1-19-14(18)10-5-6-15-11(8-10)12(9-17)16-21-13-4-2-3-7-20-13/h5-6,8,13,17H,2-4,7,9H2,1H3/b16-12+. The molecule has 1 saturated heterocycles. The number of aliphatic hydroxyl groups is 1. The van der Waals surface area contributed by atoms with Crippen molar-refractivity contribution in [1.29, 1.82) is 0 Å². The molecule has 0 spiro atoms. The monoisotopic (exact) mass is 294 g/mol. The number of carbonyl (C=O) groups is 1. The van der Waals surface area contributed by atoms with Gasteiger partial charge in [-0.15, -0.1) is 0 Å². The van der Waals surface area contributed by atoms with E-state index in [0.717, 1.165) is 19.3 Å². The van der Waals surface area contributed by atoms with Gasteiger partial charge in [0, 0.05) is 12.6 Å². The van der Waals surface area contributed by atoms with E-state index < -0.39 is 12.3 Å². The number of esters is 1. The highest BCUT2D eigenvalue weighted by molar-refractivity contribution is 6.01. The van der Waals surface area contributed by atoms with Gasteiger partial charge in [0.05, 0.1) is 31.6 Å². The largest absolute Gasteiger partial charge is 0.465 e. The number of pyridine rings is 1. The fourth-order valence-corrected chi connectivity index (χ4v) is 1.91. The van der Waals surface area contributed by atoms with Gasteiger partial charge in [0.1, 0.15) is 5.71 Å². The maximum Gasteiger partial charge on any atom is 0.337 e. The molecule has 21 heavy (non-hydrogen) atoms. The van der Waals surface area contributed by atoms with E-state index in [0.29, 0.717) is 17.9 Å². The van der Waals surface area contributed by atoms with Crippen LogP contribution in [-0.4, -0.2) is 48.4 Å². The van der Waals surface area contributed by atoms with Crippen molar-refractivity contribution in [1.82, 2.24) is 4.98 Å². The molecule has 1 fully saturated rings. The predicted molar refractivity (Wildman–Crippen MR) is 73.9 cm³/mol. The number of oxime groups is 1. The summed E-state index contributed by atoms with van der Waals surface area (Å²) in [5.74, 6) is -0.479. The van der Waals surface area contributed by atoms with Crippen LogP contribution in [0, 0.1) is 0 Å². The van der Waals surface area contributed by atoms with Crippen molar-refractivity contribution in [3.63, 3.8) is 0 Å². The quantitative estimate of drug-likeness (QED) is 0.497. The highest BCUT2D eigenvalue weighted by atomic mass is 16.8. The predicted octanol–water partition coefficient (Wildman–Crippen LogP) is 1.11. The van der Waals surface area contributed by atoms with Crippen molar-refractivity contribution >= 4 is 11.7 Å². The van der Waals surface area contributed by atoms with E-state index in [-0.39, 0.29) is 12.3 Å². The van der Waals surface area contributed by atoms with E-state index in [1.807, 2.05) is 0 Å². The average molecular weight is 294 g/mol. The Morgan fingerprint density at radius 1 is 1.57 bits per heavy atom. The van der Waals surface area contributed by atoms with E-state index >= 15 is 0 Å². The first kappa shape index (κ1) is 15.4. The van der Waals surface area contributed by atoms with E-state index in [4.69, 9.17) is 9.57 Å². The molecule has 0 bridgehead atoms. The summed E-state index contributed by atoms with van der Waals surface area (Å²) in [5.41, 5.74) is 0.920. The van der Waals surface area contributed by atoms with Crippen molar-refractivity contribution in [2.24, 2.45) is 5.16 Å². The van der Waals surface area contributed by atoms with Gasteiger partial charge in [-0.2, -0.15) is 0 Å². The molecule has 0 radical (unpaired) electrons. The Balaban J connectivity index is 2.10. The maximum atomic E-state index is 11.5. The van der Waals surface area contributed by atoms with Crippen molar-refractivity contribution in [2.45, 2.75) is 25.6 Å². The highest BCUT2D eigenvalue weighted by Gasteiger charge is 2.16. The van der Waals surface area contributed by atoms with Crippen molar-refractivity contribution in [2.75, 3.05) is 20.3 Å². The van der Waals surface area contributed by atoms with Gasteiger partial charge in [-0.3, -0.25) is 4.98 Å². The smallest absolute Gasteiger partial charge is 0.337 e. The number of hydrogen-bond donors (Lipinski definition) is 1. The zero-order valence-corrected chi connectivity index (χ0v) is 11.8. The molecule has 1 aromatic rings. The van der Waals surface area contributed by atoms with Crippen LogP contribution in [0.3, 0.4) is 0 Å². The molecule has 1 unspecified atom stereocenters. The SMILES string of the molecule is COC(=O)c1ccnc(/C(CO)=N/OC2CCCCO2)c1. The highest BCUT2D eigenvalue weighted by Crippen LogP contribution is 2.14. The van der Waals surface area contributed by atoms with E-state index in [9.17, 15) is 9.90 Å². The third-order valence-corrected chi connectivity index (χ3v) is 3.04. The third kappa shape index (κ3) is 4.24. The number of nitrogens with zero attached hydrogens (tertiary/aromatic N) is 2. The van der Waals surface area contributed by atoms with Crippen LogP contribution in [0.2, 0.25) is 0 Å². The summed E-state index contributed by atoms with van der Waals surface area (Å²) in [4.78, 5) is 20.8.